The van der Waals surface area contributed by atoms with E-state index in [1.165, 1.54) is 7.11 Å². The highest BCUT2D eigenvalue weighted by Gasteiger charge is 2.21. The molecule has 0 atom stereocenters. The third kappa shape index (κ3) is 4.06. The van der Waals surface area contributed by atoms with E-state index in [9.17, 15) is 15.0 Å². The van der Waals surface area contributed by atoms with Crippen LogP contribution in [0.3, 0.4) is 0 Å². The molecule has 0 aliphatic carbocycles. The van der Waals surface area contributed by atoms with Crippen molar-refractivity contribution < 1.29 is 19.7 Å². The molecular formula is C19H20O4S. The molecule has 0 saturated carbocycles. The number of carboxylic acid groups (broad SMARTS) is 1. The molecule has 2 aromatic rings. The third-order valence-corrected chi connectivity index (χ3v) is 4.35. The van der Waals surface area contributed by atoms with Crippen LogP contribution < -0.4 is 4.74 Å². The van der Waals surface area contributed by atoms with E-state index in [1.54, 1.807) is 23.5 Å². The molecule has 0 saturated heterocycles. The van der Waals surface area contributed by atoms with Gasteiger partial charge in [0.2, 0.25) is 0 Å². The Labute approximate surface area is 145 Å². The molecule has 2 rings (SSSR count). The zero-order chi connectivity index (χ0) is 17.7. The molecule has 4 nitrogen and oxygen atoms in total. The average molecular weight is 344 g/mol. The highest BCUT2D eigenvalue weighted by Crippen LogP contribution is 2.36. The number of thiophene rings is 1. The van der Waals surface area contributed by atoms with Crippen LogP contribution in [0.4, 0.5) is 0 Å². The van der Waals surface area contributed by atoms with E-state index >= 15 is 0 Å². The summed E-state index contributed by atoms with van der Waals surface area (Å²) in [4.78, 5) is 12.6. The number of ether oxygens (including phenoxy) is 1. The van der Waals surface area contributed by atoms with Gasteiger partial charge in [0.05, 0.1) is 7.11 Å². The number of carbonyl (C=O) groups is 1. The summed E-state index contributed by atoms with van der Waals surface area (Å²) in [5.41, 5.74) is 1.85. The standard InChI is InChI=1S/C19H20O4S/c1-12(2)6-9-15-16(23-3)11-13(17(18(15)20)19(21)22)7-8-14-5-4-10-24-14/h4-8,10-11,20H,9H2,1-3H3,(H,21,22)/b8-7+. The van der Waals surface area contributed by atoms with Crippen LogP contribution in [0.5, 0.6) is 11.5 Å². The van der Waals surface area contributed by atoms with Gasteiger partial charge in [-0.05, 0) is 49.4 Å². The molecule has 0 amide bonds. The van der Waals surface area contributed by atoms with Gasteiger partial charge in [-0.15, -0.1) is 11.3 Å². The number of carboxylic acids is 1. The van der Waals surface area contributed by atoms with Crippen LogP contribution in [-0.4, -0.2) is 23.3 Å². The van der Waals surface area contributed by atoms with Gasteiger partial charge in [0.1, 0.15) is 17.1 Å². The summed E-state index contributed by atoms with van der Waals surface area (Å²) in [6.45, 7) is 3.89. The van der Waals surface area contributed by atoms with E-state index < -0.39 is 5.97 Å². The van der Waals surface area contributed by atoms with Gasteiger partial charge in [-0.25, -0.2) is 4.79 Å². The molecular weight excluding hydrogens is 324 g/mol. The van der Waals surface area contributed by atoms with Crippen molar-refractivity contribution >= 4 is 29.5 Å². The molecule has 0 aliphatic rings. The van der Waals surface area contributed by atoms with Crippen LogP contribution in [0.1, 0.15) is 40.2 Å². The van der Waals surface area contributed by atoms with Crippen molar-refractivity contribution in [3.63, 3.8) is 0 Å². The predicted molar refractivity (Wildman–Crippen MR) is 98.0 cm³/mol. The predicted octanol–water partition coefficient (Wildman–Crippen LogP) is 4.84. The lowest BCUT2D eigenvalue weighted by molar-refractivity contribution is 0.0693. The van der Waals surface area contributed by atoms with Gasteiger partial charge in [-0.2, -0.15) is 0 Å². The molecule has 1 aromatic carbocycles. The average Bonchev–Trinajstić information content (AvgIpc) is 3.03. The highest BCUT2D eigenvalue weighted by molar-refractivity contribution is 7.10. The van der Waals surface area contributed by atoms with Gasteiger partial charge in [0.25, 0.3) is 0 Å². The summed E-state index contributed by atoms with van der Waals surface area (Å²) < 4.78 is 5.36. The minimum atomic E-state index is -1.17. The number of rotatable bonds is 6. The Morgan fingerprint density at radius 3 is 2.62 bits per heavy atom. The topological polar surface area (TPSA) is 66.8 Å². The fourth-order valence-corrected chi connectivity index (χ4v) is 2.92. The van der Waals surface area contributed by atoms with Gasteiger partial charge in [-0.1, -0.05) is 23.8 Å². The van der Waals surface area contributed by atoms with Gasteiger partial charge < -0.3 is 14.9 Å². The van der Waals surface area contributed by atoms with Crippen molar-refractivity contribution in [2.75, 3.05) is 7.11 Å². The Morgan fingerprint density at radius 2 is 2.08 bits per heavy atom. The van der Waals surface area contributed by atoms with E-state index in [0.29, 0.717) is 23.3 Å². The molecule has 5 heteroatoms. The Balaban J connectivity index is 2.56. The number of hydrogen-bond acceptors (Lipinski definition) is 4. The van der Waals surface area contributed by atoms with Crippen molar-refractivity contribution in [1.82, 2.24) is 0 Å². The maximum absolute atomic E-state index is 11.6. The van der Waals surface area contributed by atoms with Crippen LogP contribution in [0, 0.1) is 0 Å². The summed E-state index contributed by atoms with van der Waals surface area (Å²) in [6.07, 6.45) is 5.83. The minimum absolute atomic E-state index is 0.110. The Morgan fingerprint density at radius 1 is 1.33 bits per heavy atom. The zero-order valence-electron chi connectivity index (χ0n) is 13.9. The molecule has 0 unspecified atom stereocenters. The first-order valence-electron chi connectivity index (χ1n) is 7.45. The quantitative estimate of drug-likeness (QED) is 0.736. The zero-order valence-corrected chi connectivity index (χ0v) is 14.7. The molecule has 0 spiro atoms. The highest BCUT2D eigenvalue weighted by atomic mass is 32.1. The number of aromatic carboxylic acids is 1. The van der Waals surface area contributed by atoms with Crippen LogP contribution in [0.25, 0.3) is 12.2 Å². The largest absolute Gasteiger partial charge is 0.507 e. The first-order chi connectivity index (χ1) is 11.4. The maximum Gasteiger partial charge on any atom is 0.340 e. The Bertz CT molecular complexity index is 782. The van der Waals surface area contributed by atoms with Gasteiger partial charge in [-0.3, -0.25) is 0 Å². The first kappa shape index (κ1) is 17.8. The van der Waals surface area contributed by atoms with Gasteiger partial charge >= 0.3 is 5.97 Å². The second-order valence-corrected chi connectivity index (χ2v) is 6.49. The van der Waals surface area contributed by atoms with Crippen molar-refractivity contribution in [3.05, 3.63) is 56.8 Å². The van der Waals surface area contributed by atoms with E-state index in [2.05, 4.69) is 0 Å². The molecule has 2 N–H and O–H groups in total. The van der Waals surface area contributed by atoms with Crippen LogP contribution in [0.15, 0.2) is 35.2 Å². The van der Waals surface area contributed by atoms with Crippen molar-refractivity contribution in [3.8, 4) is 11.5 Å². The number of benzene rings is 1. The summed E-state index contributed by atoms with van der Waals surface area (Å²) >= 11 is 1.55. The fourth-order valence-electron chi connectivity index (χ4n) is 2.30. The Kier molecular flexibility index (Phi) is 5.82. The molecule has 0 bridgehead atoms. The number of aromatic hydroxyl groups is 1. The molecule has 0 radical (unpaired) electrons. The number of methoxy groups -OCH3 is 1. The maximum atomic E-state index is 11.6. The third-order valence-electron chi connectivity index (χ3n) is 3.51. The lowest BCUT2D eigenvalue weighted by atomic mass is 9.98. The lowest BCUT2D eigenvalue weighted by Crippen LogP contribution is -2.04. The monoisotopic (exact) mass is 344 g/mol. The lowest BCUT2D eigenvalue weighted by Gasteiger charge is -2.14. The molecule has 24 heavy (non-hydrogen) atoms. The van der Waals surface area contributed by atoms with Crippen LogP contribution in [-0.2, 0) is 6.42 Å². The van der Waals surface area contributed by atoms with Crippen molar-refractivity contribution in [2.24, 2.45) is 0 Å². The van der Waals surface area contributed by atoms with Crippen LogP contribution >= 0.6 is 11.3 Å². The smallest absolute Gasteiger partial charge is 0.340 e. The minimum Gasteiger partial charge on any atom is -0.507 e. The summed E-state index contributed by atoms with van der Waals surface area (Å²) in [7, 11) is 1.51. The van der Waals surface area contributed by atoms with E-state index in [1.807, 2.05) is 43.5 Å². The molecule has 126 valence electrons. The summed E-state index contributed by atoms with van der Waals surface area (Å²) in [5, 5.41) is 22.0. The number of allylic oxidation sites excluding steroid dienone is 2. The van der Waals surface area contributed by atoms with Crippen molar-refractivity contribution in [2.45, 2.75) is 20.3 Å². The first-order valence-corrected chi connectivity index (χ1v) is 8.33. The summed E-state index contributed by atoms with van der Waals surface area (Å²) in [5.74, 6) is -0.939. The van der Waals surface area contributed by atoms with E-state index in [4.69, 9.17) is 4.74 Å². The normalized spacial score (nSPS) is 10.8. The van der Waals surface area contributed by atoms with Gasteiger partial charge in [0.15, 0.2) is 0 Å². The second-order valence-electron chi connectivity index (χ2n) is 5.51. The van der Waals surface area contributed by atoms with Gasteiger partial charge in [0, 0.05) is 10.4 Å². The summed E-state index contributed by atoms with van der Waals surface area (Å²) in [6, 6.07) is 5.51. The van der Waals surface area contributed by atoms with E-state index in [0.717, 1.165) is 10.5 Å². The molecule has 1 heterocycles. The fraction of sp³-hybridized carbons (Fsp3) is 0.211. The molecule has 0 fully saturated rings. The van der Waals surface area contributed by atoms with Crippen molar-refractivity contribution in [1.29, 1.82) is 0 Å². The second kappa shape index (κ2) is 7.84. The number of phenols is 1. The van der Waals surface area contributed by atoms with E-state index in [-0.39, 0.29) is 11.3 Å². The van der Waals surface area contributed by atoms with Crippen LogP contribution in [0.2, 0.25) is 0 Å². The number of hydrogen-bond donors (Lipinski definition) is 2. The molecule has 1 aromatic heterocycles. The molecule has 0 aliphatic heterocycles. The SMILES string of the molecule is COc1cc(/C=C/c2cccs2)c(C(=O)O)c(O)c1CC=C(C)C. The Hall–Kier alpha value is -2.53.